The van der Waals surface area contributed by atoms with Crippen molar-refractivity contribution in [3.05, 3.63) is 59.5 Å². The number of benzene rings is 1. The number of nitrogens with one attached hydrogen (secondary N) is 2. The Bertz CT molecular complexity index is 651. The third kappa shape index (κ3) is 5.89. The van der Waals surface area contributed by atoms with Gasteiger partial charge in [0, 0.05) is 6.54 Å². The first-order chi connectivity index (χ1) is 11.6. The van der Waals surface area contributed by atoms with Crippen LogP contribution in [0.4, 0.5) is 4.79 Å². The zero-order valence-electron chi connectivity index (χ0n) is 14.0. The van der Waals surface area contributed by atoms with Crippen molar-refractivity contribution < 1.29 is 14.0 Å². The third-order valence-corrected chi connectivity index (χ3v) is 3.55. The summed E-state index contributed by atoms with van der Waals surface area (Å²) in [7, 11) is 1.84. The highest BCUT2D eigenvalue weighted by atomic mass is 16.3. The average Bonchev–Trinajstić information content (AvgIpc) is 3.07. The van der Waals surface area contributed by atoms with Gasteiger partial charge < -0.3 is 9.73 Å². The summed E-state index contributed by atoms with van der Waals surface area (Å²) in [4.78, 5) is 25.4. The second-order valence-electron chi connectivity index (χ2n) is 5.65. The lowest BCUT2D eigenvalue weighted by molar-refractivity contribution is -0.120. The normalized spacial score (nSPS) is 10.6. The SMILES string of the molecule is CCc1ccc(CN(C)CC(=O)NC(=O)NCc2ccco2)cc1. The number of hydrogen-bond acceptors (Lipinski definition) is 4. The molecule has 6 heteroatoms. The summed E-state index contributed by atoms with van der Waals surface area (Å²) in [5.41, 5.74) is 2.41. The molecule has 0 bridgehead atoms. The van der Waals surface area contributed by atoms with Gasteiger partial charge in [0.2, 0.25) is 5.91 Å². The molecule has 2 aromatic rings. The Labute approximate surface area is 141 Å². The van der Waals surface area contributed by atoms with E-state index in [0.717, 1.165) is 12.0 Å². The van der Waals surface area contributed by atoms with E-state index in [1.165, 1.54) is 11.8 Å². The molecule has 128 valence electrons. The van der Waals surface area contributed by atoms with Crippen LogP contribution < -0.4 is 10.6 Å². The van der Waals surface area contributed by atoms with Gasteiger partial charge in [-0.3, -0.25) is 15.0 Å². The van der Waals surface area contributed by atoms with Crippen LogP contribution in [0.15, 0.2) is 47.1 Å². The fraction of sp³-hybridized carbons (Fsp3) is 0.333. The molecule has 3 amide bonds. The standard InChI is InChI=1S/C18H23N3O3/c1-3-14-6-8-15(9-7-14)12-21(2)13-17(22)20-18(23)19-11-16-5-4-10-24-16/h4-10H,3,11-13H2,1-2H3,(H2,19,20,22,23). The van der Waals surface area contributed by atoms with E-state index in [0.29, 0.717) is 12.3 Å². The number of likely N-dealkylation sites (N-methyl/N-ethyl adjacent to an activating group) is 1. The molecule has 0 fully saturated rings. The highest BCUT2D eigenvalue weighted by molar-refractivity contribution is 5.95. The zero-order valence-corrected chi connectivity index (χ0v) is 14.0. The molecule has 0 atom stereocenters. The molecule has 24 heavy (non-hydrogen) atoms. The van der Waals surface area contributed by atoms with Crippen molar-refractivity contribution in [2.24, 2.45) is 0 Å². The van der Waals surface area contributed by atoms with E-state index in [1.807, 2.05) is 11.9 Å². The largest absolute Gasteiger partial charge is 0.467 e. The third-order valence-electron chi connectivity index (χ3n) is 3.55. The van der Waals surface area contributed by atoms with Crippen molar-refractivity contribution in [3.63, 3.8) is 0 Å². The van der Waals surface area contributed by atoms with Crippen LogP contribution in [0, 0.1) is 0 Å². The summed E-state index contributed by atoms with van der Waals surface area (Å²) < 4.78 is 5.10. The first kappa shape index (κ1) is 17.7. The number of nitrogens with zero attached hydrogens (tertiary/aromatic N) is 1. The maximum absolute atomic E-state index is 11.9. The van der Waals surface area contributed by atoms with Crippen LogP contribution in [0.3, 0.4) is 0 Å². The molecule has 6 nitrogen and oxygen atoms in total. The van der Waals surface area contributed by atoms with Gasteiger partial charge in [-0.25, -0.2) is 4.79 Å². The fourth-order valence-corrected chi connectivity index (χ4v) is 2.28. The van der Waals surface area contributed by atoms with E-state index >= 15 is 0 Å². The van der Waals surface area contributed by atoms with Crippen molar-refractivity contribution in [1.82, 2.24) is 15.5 Å². The lowest BCUT2D eigenvalue weighted by Crippen LogP contribution is -2.43. The summed E-state index contributed by atoms with van der Waals surface area (Å²) in [5, 5.41) is 4.87. The van der Waals surface area contributed by atoms with E-state index in [4.69, 9.17) is 4.42 Å². The van der Waals surface area contributed by atoms with E-state index < -0.39 is 6.03 Å². The van der Waals surface area contributed by atoms with Crippen LogP contribution in [-0.4, -0.2) is 30.4 Å². The molecule has 1 aromatic carbocycles. The Morgan fingerprint density at radius 2 is 1.83 bits per heavy atom. The van der Waals surface area contributed by atoms with Gasteiger partial charge in [-0.2, -0.15) is 0 Å². The maximum Gasteiger partial charge on any atom is 0.321 e. The van der Waals surface area contributed by atoms with Gasteiger partial charge in [-0.15, -0.1) is 0 Å². The molecular weight excluding hydrogens is 306 g/mol. The predicted molar refractivity (Wildman–Crippen MR) is 91.2 cm³/mol. The lowest BCUT2D eigenvalue weighted by atomic mass is 10.1. The van der Waals surface area contributed by atoms with Crippen molar-refractivity contribution in [3.8, 4) is 0 Å². The summed E-state index contributed by atoms with van der Waals surface area (Å²) in [6.45, 7) is 3.14. The second-order valence-corrected chi connectivity index (χ2v) is 5.65. The van der Waals surface area contributed by atoms with Crippen LogP contribution in [0.25, 0.3) is 0 Å². The van der Waals surface area contributed by atoms with Crippen molar-refractivity contribution >= 4 is 11.9 Å². The van der Waals surface area contributed by atoms with Crippen LogP contribution in [0.1, 0.15) is 23.8 Å². The van der Waals surface area contributed by atoms with E-state index in [2.05, 4.69) is 41.8 Å². The zero-order chi connectivity index (χ0) is 17.4. The van der Waals surface area contributed by atoms with Gasteiger partial charge in [0.05, 0.1) is 19.4 Å². The molecule has 2 N–H and O–H groups in total. The minimum absolute atomic E-state index is 0.143. The van der Waals surface area contributed by atoms with E-state index in [-0.39, 0.29) is 19.0 Å². The predicted octanol–water partition coefficient (Wildman–Crippen LogP) is 2.30. The first-order valence-corrected chi connectivity index (χ1v) is 7.93. The molecule has 0 aliphatic rings. The highest BCUT2D eigenvalue weighted by Crippen LogP contribution is 2.07. The molecule has 0 spiro atoms. The number of carbonyl (C=O) groups excluding carboxylic acids is 2. The summed E-state index contributed by atoms with van der Waals surface area (Å²) >= 11 is 0. The first-order valence-electron chi connectivity index (χ1n) is 7.93. The number of furan rings is 1. The van der Waals surface area contributed by atoms with Gasteiger partial charge in [-0.05, 0) is 36.7 Å². The minimum atomic E-state index is -0.530. The van der Waals surface area contributed by atoms with Crippen LogP contribution >= 0.6 is 0 Å². The van der Waals surface area contributed by atoms with Gasteiger partial charge in [0.25, 0.3) is 0 Å². The maximum atomic E-state index is 11.9. The molecule has 0 saturated heterocycles. The van der Waals surface area contributed by atoms with Crippen LogP contribution in [0.5, 0.6) is 0 Å². The number of amides is 3. The summed E-state index contributed by atoms with van der Waals surface area (Å²) in [6.07, 6.45) is 2.54. The number of urea groups is 1. The van der Waals surface area contributed by atoms with Gasteiger partial charge in [-0.1, -0.05) is 31.2 Å². The van der Waals surface area contributed by atoms with Gasteiger partial charge >= 0.3 is 6.03 Å². The van der Waals surface area contributed by atoms with Gasteiger partial charge in [0.1, 0.15) is 5.76 Å². The number of hydrogen-bond donors (Lipinski definition) is 2. The fourth-order valence-electron chi connectivity index (χ4n) is 2.28. The average molecular weight is 329 g/mol. The molecule has 0 aliphatic carbocycles. The smallest absolute Gasteiger partial charge is 0.321 e. The second kappa shape index (κ2) is 8.88. The monoisotopic (exact) mass is 329 g/mol. The molecule has 0 unspecified atom stereocenters. The van der Waals surface area contributed by atoms with Crippen molar-refractivity contribution in [2.75, 3.05) is 13.6 Å². The minimum Gasteiger partial charge on any atom is -0.467 e. The van der Waals surface area contributed by atoms with Gasteiger partial charge in [0.15, 0.2) is 0 Å². The highest BCUT2D eigenvalue weighted by Gasteiger charge is 2.11. The topological polar surface area (TPSA) is 74.6 Å². The van der Waals surface area contributed by atoms with Crippen LogP contribution in [0.2, 0.25) is 0 Å². The summed E-state index contributed by atoms with van der Waals surface area (Å²) in [5.74, 6) is 0.282. The van der Waals surface area contributed by atoms with Crippen LogP contribution in [-0.2, 0) is 24.3 Å². The van der Waals surface area contributed by atoms with Crippen molar-refractivity contribution in [2.45, 2.75) is 26.4 Å². The Morgan fingerprint density at radius 1 is 1.12 bits per heavy atom. The van der Waals surface area contributed by atoms with E-state index in [1.54, 1.807) is 12.1 Å². The van der Waals surface area contributed by atoms with E-state index in [9.17, 15) is 9.59 Å². The molecular formula is C18H23N3O3. The number of carbonyl (C=O) groups is 2. The number of aryl methyl sites for hydroxylation is 1. The molecule has 1 heterocycles. The Balaban J connectivity index is 1.71. The summed E-state index contributed by atoms with van der Waals surface area (Å²) in [6, 6.07) is 11.3. The molecule has 0 aliphatic heterocycles. The molecule has 0 radical (unpaired) electrons. The molecule has 1 aromatic heterocycles. The Kier molecular flexibility index (Phi) is 6.57. The Morgan fingerprint density at radius 3 is 2.46 bits per heavy atom. The quantitative estimate of drug-likeness (QED) is 0.817. The Hall–Kier alpha value is -2.60. The number of imide groups is 1. The molecule has 2 rings (SSSR count). The number of rotatable bonds is 7. The molecule has 0 saturated carbocycles. The lowest BCUT2D eigenvalue weighted by Gasteiger charge is -2.16. The van der Waals surface area contributed by atoms with Crippen molar-refractivity contribution in [1.29, 1.82) is 0 Å².